The Kier molecular flexibility index (Phi) is 7.45. The monoisotopic (exact) mass is 556 g/mol. The lowest BCUT2D eigenvalue weighted by Gasteiger charge is -2.33. The van der Waals surface area contributed by atoms with E-state index < -0.39 is 69.7 Å². The molecule has 6 unspecified atom stereocenters. The summed E-state index contributed by atoms with van der Waals surface area (Å²) in [7, 11) is 0. The van der Waals surface area contributed by atoms with E-state index in [4.69, 9.17) is 18.9 Å². The molecule has 0 saturated heterocycles. The van der Waals surface area contributed by atoms with E-state index in [1.165, 1.54) is 0 Å². The largest absolute Gasteiger partial charge is 0.459 e. The van der Waals surface area contributed by atoms with Gasteiger partial charge in [-0.2, -0.15) is 0 Å². The highest BCUT2D eigenvalue weighted by molar-refractivity contribution is 6.09. The number of esters is 6. The van der Waals surface area contributed by atoms with Crippen molar-refractivity contribution in [1.82, 2.24) is 0 Å². The molecule has 0 aromatic rings. The van der Waals surface area contributed by atoms with Crippen LogP contribution in [0.1, 0.15) is 67.2 Å². The molecule has 10 nitrogen and oxygen atoms in total. The molecule has 2 fully saturated rings. The number of hydrogen-bond donors (Lipinski definition) is 0. The third kappa shape index (κ3) is 5.53. The molecular weight excluding hydrogens is 520 g/mol. The molecule has 40 heavy (non-hydrogen) atoms. The minimum atomic E-state index is -1.66. The number of rotatable bonds is 6. The second-order valence-electron chi connectivity index (χ2n) is 13.1. The van der Waals surface area contributed by atoms with Gasteiger partial charge in [0.15, 0.2) is 10.8 Å². The van der Waals surface area contributed by atoms with Crippen molar-refractivity contribution in [2.45, 2.75) is 78.4 Å². The predicted octanol–water partition coefficient (Wildman–Crippen LogP) is 3.53. The molecule has 0 aliphatic heterocycles. The highest BCUT2D eigenvalue weighted by Gasteiger charge is 2.63. The fraction of sp³-hybridized carbons (Fsp3) is 0.600. The Hall–Kier alpha value is -3.56. The fourth-order valence-electron chi connectivity index (χ4n) is 6.13. The van der Waals surface area contributed by atoms with E-state index in [1.54, 1.807) is 53.7 Å². The number of carbonyl (C=O) groups is 6. The Morgan fingerprint density at radius 3 is 1.20 bits per heavy atom. The van der Waals surface area contributed by atoms with Crippen molar-refractivity contribution in [1.29, 1.82) is 0 Å². The summed E-state index contributed by atoms with van der Waals surface area (Å²) in [6.07, 6.45) is 10.1. The van der Waals surface area contributed by atoms with Gasteiger partial charge in [-0.05, 0) is 79.1 Å². The van der Waals surface area contributed by atoms with Crippen LogP contribution in [0.4, 0.5) is 0 Å². The minimum absolute atomic E-state index is 0.0188. The molecule has 2 saturated carbocycles. The summed E-state index contributed by atoms with van der Waals surface area (Å²) in [5.41, 5.74) is -5.05. The fourth-order valence-corrected chi connectivity index (χ4v) is 6.13. The van der Waals surface area contributed by atoms with Crippen LogP contribution in [0.3, 0.4) is 0 Å². The standard InChI is InChI=1S/C30H36O10/c1-27(2,3)39-25(35)29(15-17-7-9-19(29)13-17)23(33)37-21(31)11-12-22(32)38-24(34)30(26(36)40-28(4,5)6)16-18-8-10-20(30)14-18/h7-12,17-20H,13-16H2,1-6H3/b12-11-. The molecule has 4 bridgehead atoms. The van der Waals surface area contributed by atoms with Gasteiger partial charge in [-0.15, -0.1) is 0 Å². The first-order chi connectivity index (χ1) is 18.5. The average Bonchev–Trinajstić information content (AvgIpc) is 3.61. The summed E-state index contributed by atoms with van der Waals surface area (Å²) in [4.78, 5) is 77.4. The third-order valence-corrected chi connectivity index (χ3v) is 7.78. The van der Waals surface area contributed by atoms with Gasteiger partial charge >= 0.3 is 35.8 Å². The first kappa shape index (κ1) is 29.4. The summed E-state index contributed by atoms with van der Waals surface area (Å²) in [5.74, 6) is -7.07. The minimum Gasteiger partial charge on any atom is -0.459 e. The zero-order chi connectivity index (χ0) is 29.7. The molecule has 0 spiro atoms. The molecule has 4 rings (SSSR count). The molecule has 10 heteroatoms. The van der Waals surface area contributed by atoms with Gasteiger partial charge in [0.05, 0.1) is 0 Å². The van der Waals surface area contributed by atoms with Crippen molar-refractivity contribution in [2.75, 3.05) is 0 Å². The second-order valence-corrected chi connectivity index (χ2v) is 13.1. The number of carbonyl (C=O) groups excluding carboxylic acids is 6. The molecular formula is C30H36O10. The van der Waals surface area contributed by atoms with Gasteiger partial charge in [-0.25, -0.2) is 9.59 Å². The van der Waals surface area contributed by atoms with Gasteiger partial charge in [0, 0.05) is 24.0 Å². The quantitative estimate of drug-likeness (QED) is 0.157. The van der Waals surface area contributed by atoms with E-state index in [2.05, 4.69) is 0 Å². The second kappa shape index (κ2) is 10.1. The normalized spacial score (nSPS) is 31.9. The SMILES string of the molecule is CC(C)(C)OC(=O)C1(C(=O)OC(=O)/C=C\C(=O)OC(=O)C2(C(=O)OC(C)(C)C)CC3C=CC2C3)CC2C=CC1C2. The summed E-state index contributed by atoms with van der Waals surface area (Å²) >= 11 is 0. The van der Waals surface area contributed by atoms with Crippen molar-refractivity contribution in [3.8, 4) is 0 Å². The maximum atomic E-state index is 13.2. The molecule has 0 aromatic carbocycles. The zero-order valence-electron chi connectivity index (χ0n) is 23.7. The van der Waals surface area contributed by atoms with Gasteiger partial charge in [-0.1, -0.05) is 24.3 Å². The summed E-state index contributed by atoms with van der Waals surface area (Å²) in [6, 6.07) is 0. The molecule has 0 radical (unpaired) electrons. The van der Waals surface area contributed by atoms with Crippen LogP contribution < -0.4 is 0 Å². The van der Waals surface area contributed by atoms with Gasteiger partial charge < -0.3 is 18.9 Å². The van der Waals surface area contributed by atoms with E-state index in [0.29, 0.717) is 25.0 Å². The summed E-state index contributed by atoms with van der Waals surface area (Å²) in [6.45, 7) is 10.0. The number of hydrogen-bond acceptors (Lipinski definition) is 10. The maximum absolute atomic E-state index is 13.2. The lowest BCUT2D eigenvalue weighted by molar-refractivity contribution is -0.185. The molecule has 0 heterocycles. The lowest BCUT2D eigenvalue weighted by Crippen LogP contribution is -2.48. The zero-order valence-corrected chi connectivity index (χ0v) is 23.7. The number of fused-ring (bicyclic) bond motifs is 4. The highest BCUT2D eigenvalue weighted by atomic mass is 16.6. The third-order valence-electron chi connectivity index (χ3n) is 7.78. The maximum Gasteiger partial charge on any atom is 0.338 e. The van der Waals surface area contributed by atoms with Crippen molar-refractivity contribution in [3.63, 3.8) is 0 Å². The first-order valence-electron chi connectivity index (χ1n) is 13.5. The number of ether oxygens (including phenoxy) is 4. The van der Waals surface area contributed by atoms with Crippen molar-refractivity contribution < 1.29 is 47.7 Å². The van der Waals surface area contributed by atoms with Crippen molar-refractivity contribution in [2.24, 2.45) is 34.5 Å². The topological polar surface area (TPSA) is 139 Å². The average molecular weight is 557 g/mol. The Morgan fingerprint density at radius 2 is 0.950 bits per heavy atom. The van der Waals surface area contributed by atoms with Crippen molar-refractivity contribution >= 4 is 35.8 Å². The van der Waals surface area contributed by atoms with E-state index in [9.17, 15) is 28.8 Å². The van der Waals surface area contributed by atoms with Crippen LogP contribution in [0.2, 0.25) is 0 Å². The Balaban J connectivity index is 1.42. The Labute approximate surface area is 233 Å². The lowest BCUT2D eigenvalue weighted by atomic mass is 9.75. The van der Waals surface area contributed by atoms with Gasteiger partial charge in [-0.3, -0.25) is 19.2 Å². The smallest absolute Gasteiger partial charge is 0.338 e. The van der Waals surface area contributed by atoms with Gasteiger partial charge in [0.25, 0.3) is 0 Å². The molecule has 0 aromatic heterocycles. The van der Waals surface area contributed by atoms with Crippen LogP contribution in [0, 0.1) is 34.5 Å². The molecule has 0 N–H and O–H groups in total. The molecule has 216 valence electrons. The highest BCUT2D eigenvalue weighted by Crippen LogP contribution is 2.55. The van der Waals surface area contributed by atoms with Crippen LogP contribution in [0.15, 0.2) is 36.5 Å². The van der Waals surface area contributed by atoms with Crippen LogP contribution in [0.5, 0.6) is 0 Å². The number of allylic oxidation sites excluding steroid dienone is 4. The van der Waals surface area contributed by atoms with Gasteiger partial charge in [0.1, 0.15) is 11.2 Å². The van der Waals surface area contributed by atoms with Crippen LogP contribution in [0.25, 0.3) is 0 Å². The van der Waals surface area contributed by atoms with Crippen LogP contribution in [-0.4, -0.2) is 47.0 Å². The molecule has 4 aliphatic carbocycles. The van der Waals surface area contributed by atoms with E-state index in [-0.39, 0.29) is 24.7 Å². The van der Waals surface area contributed by atoms with E-state index in [1.807, 2.05) is 12.2 Å². The van der Waals surface area contributed by atoms with E-state index in [0.717, 1.165) is 0 Å². The molecule has 0 amide bonds. The summed E-state index contributed by atoms with van der Waals surface area (Å²) in [5, 5.41) is 0. The molecule has 6 atom stereocenters. The van der Waals surface area contributed by atoms with Crippen molar-refractivity contribution in [3.05, 3.63) is 36.5 Å². The molecule has 4 aliphatic rings. The first-order valence-corrected chi connectivity index (χ1v) is 13.5. The van der Waals surface area contributed by atoms with Crippen LogP contribution >= 0.6 is 0 Å². The van der Waals surface area contributed by atoms with Gasteiger partial charge in [0.2, 0.25) is 0 Å². The Bertz CT molecular complexity index is 1130. The van der Waals surface area contributed by atoms with Crippen LogP contribution in [-0.2, 0) is 47.7 Å². The Morgan fingerprint density at radius 1 is 0.600 bits per heavy atom. The summed E-state index contributed by atoms with van der Waals surface area (Å²) < 4.78 is 20.9. The predicted molar refractivity (Wildman–Crippen MR) is 139 cm³/mol. The van der Waals surface area contributed by atoms with E-state index >= 15 is 0 Å².